The first-order valence-electron chi connectivity index (χ1n) is 8.38. The number of amides is 1. The fourth-order valence-electron chi connectivity index (χ4n) is 3.04. The molecule has 6 N–H and O–H groups in total. The first-order valence-corrected chi connectivity index (χ1v) is 9.58. The van der Waals surface area contributed by atoms with E-state index in [1.807, 2.05) is 6.07 Å². The van der Waals surface area contributed by atoms with E-state index in [0.717, 1.165) is 11.3 Å². The van der Waals surface area contributed by atoms with Crippen molar-refractivity contribution < 1.29 is 14.0 Å². The van der Waals surface area contributed by atoms with Crippen molar-refractivity contribution in [3.8, 4) is 17.3 Å². The maximum atomic E-state index is 12.9. The summed E-state index contributed by atoms with van der Waals surface area (Å²) in [6, 6.07) is 8.68. The molecule has 0 bridgehead atoms. The molecule has 1 aromatic carbocycles. The molecule has 0 saturated carbocycles. The number of pyridine rings is 1. The van der Waals surface area contributed by atoms with Gasteiger partial charge < -0.3 is 16.8 Å². The number of halogens is 1. The Morgan fingerprint density at radius 1 is 1.40 bits per heavy atom. The number of fused-ring (bicyclic) bond motifs is 1. The molecule has 0 saturated heterocycles. The smallest absolute Gasteiger partial charge is 0.397 e. The third kappa shape index (κ3) is 2.95. The van der Waals surface area contributed by atoms with E-state index in [1.165, 1.54) is 11.7 Å². The zero-order chi connectivity index (χ0) is 21.6. The second kappa shape index (κ2) is 7.18. The predicted octanol–water partition coefficient (Wildman–Crippen LogP) is 2.01. The Balaban J connectivity index is 1.96. The maximum Gasteiger partial charge on any atom is 0.435 e. The molecule has 0 spiro atoms. The van der Waals surface area contributed by atoms with Crippen molar-refractivity contribution in [1.29, 1.82) is 5.26 Å². The van der Waals surface area contributed by atoms with Crippen molar-refractivity contribution in [2.45, 2.75) is 0 Å². The summed E-state index contributed by atoms with van der Waals surface area (Å²) >= 11 is 7.08. The minimum absolute atomic E-state index is 0.0215. The molecule has 0 fully saturated rings. The first kappa shape index (κ1) is 19.4. The summed E-state index contributed by atoms with van der Waals surface area (Å²) in [4.78, 5) is 29.8. The zero-order valence-corrected chi connectivity index (χ0v) is 16.9. The molecule has 3 aromatic heterocycles. The number of hydrogen-bond donors (Lipinski definition) is 4. The third-order valence-electron chi connectivity index (χ3n) is 4.39. The third-order valence-corrected chi connectivity index (χ3v) is 5.81. The molecule has 0 radical (unpaired) electrons. The molecule has 30 heavy (non-hydrogen) atoms. The van der Waals surface area contributed by atoms with Crippen molar-refractivity contribution in [1.82, 2.24) is 10.3 Å². The number of carbonyl (C=O) groups is 1. The molecule has 4 aromatic rings. The number of nitrogens with two attached hydrogens (primary N) is 2. The molecule has 0 unspecified atom stereocenters. The number of nitrogen functional groups attached to an aromatic ring is 2. The minimum Gasteiger partial charge on any atom is -0.397 e. The van der Waals surface area contributed by atoms with Gasteiger partial charge in [-0.05, 0) is 17.4 Å². The van der Waals surface area contributed by atoms with Crippen LogP contribution in [-0.4, -0.2) is 16.2 Å². The van der Waals surface area contributed by atoms with Gasteiger partial charge in [-0.15, -0.1) is 11.3 Å². The van der Waals surface area contributed by atoms with E-state index < -0.39 is 11.5 Å². The summed E-state index contributed by atoms with van der Waals surface area (Å²) in [7, 11) is 1.53. The van der Waals surface area contributed by atoms with E-state index in [1.54, 1.807) is 24.3 Å². The van der Waals surface area contributed by atoms with Crippen LogP contribution in [0.15, 0.2) is 33.6 Å². The Morgan fingerprint density at radius 2 is 2.13 bits per heavy atom. The summed E-state index contributed by atoms with van der Waals surface area (Å²) < 4.78 is 6.09. The number of benzene rings is 1. The van der Waals surface area contributed by atoms with Crippen molar-refractivity contribution >= 4 is 56.3 Å². The van der Waals surface area contributed by atoms with E-state index in [-0.39, 0.29) is 38.6 Å². The Labute approximate surface area is 177 Å². The van der Waals surface area contributed by atoms with Gasteiger partial charge in [-0.25, -0.2) is 9.78 Å². The lowest BCUT2D eigenvalue weighted by molar-refractivity contribution is -0.730. The Bertz CT molecular complexity index is 1430. The van der Waals surface area contributed by atoms with Crippen molar-refractivity contribution in [3.63, 3.8) is 0 Å². The number of anilines is 3. The monoisotopic (exact) mass is 442 g/mol. The maximum absolute atomic E-state index is 12.9. The molecule has 1 amide bonds. The van der Waals surface area contributed by atoms with Crippen LogP contribution >= 0.6 is 22.9 Å². The van der Waals surface area contributed by atoms with Crippen LogP contribution in [-0.2, 0) is 7.05 Å². The van der Waals surface area contributed by atoms with Crippen molar-refractivity contribution in [2.24, 2.45) is 7.05 Å². The van der Waals surface area contributed by atoms with Gasteiger partial charge in [-0.2, -0.15) is 5.26 Å². The van der Waals surface area contributed by atoms with Gasteiger partial charge >= 0.3 is 11.3 Å². The fraction of sp³-hybridized carbons (Fsp3) is 0.0556. The van der Waals surface area contributed by atoms with Crippen LogP contribution in [0.4, 0.5) is 17.2 Å². The normalized spacial score (nSPS) is 10.8. The van der Waals surface area contributed by atoms with Crippen LogP contribution in [0.3, 0.4) is 0 Å². The molecular weight excluding hydrogens is 430 g/mol. The zero-order valence-electron chi connectivity index (χ0n) is 15.3. The second-order valence-corrected chi connectivity index (χ2v) is 7.61. The molecular formula is C18H13ClN7O3S+. The van der Waals surface area contributed by atoms with E-state index in [2.05, 4.69) is 15.6 Å². The molecule has 0 aliphatic heterocycles. The molecule has 3 heterocycles. The number of aromatic nitrogens is 3. The van der Waals surface area contributed by atoms with Gasteiger partial charge in [0.05, 0.1) is 27.3 Å². The molecule has 4 rings (SSSR count). The number of rotatable bonds is 3. The van der Waals surface area contributed by atoms with E-state index in [9.17, 15) is 14.9 Å². The number of nitrogens with one attached hydrogen (secondary N) is 2. The number of carbonyl (C=O) groups excluding carboxylic acids is 1. The summed E-state index contributed by atoms with van der Waals surface area (Å²) in [5, 5.41) is 15.3. The first-order chi connectivity index (χ1) is 14.3. The Morgan fingerprint density at radius 3 is 2.77 bits per heavy atom. The second-order valence-electron chi connectivity index (χ2n) is 6.21. The number of hydrogen-bond acceptors (Lipinski definition) is 8. The number of thiophene rings is 1. The van der Waals surface area contributed by atoms with Crippen molar-refractivity contribution in [3.05, 3.63) is 50.1 Å². The fourth-order valence-corrected chi connectivity index (χ4v) is 4.23. The highest BCUT2D eigenvalue weighted by atomic mass is 35.5. The average Bonchev–Trinajstić information content (AvgIpc) is 3.21. The number of aryl methyl sites for hydroxylation is 1. The highest BCUT2D eigenvalue weighted by molar-refractivity contribution is 7.21. The van der Waals surface area contributed by atoms with Gasteiger partial charge in [0.25, 0.3) is 5.91 Å². The summed E-state index contributed by atoms with van der Waals surface area (Å²) in [5.74, 6) is -0.614. The lowest BCUT2D eigenvalue weighted by Crippen LogP contribution is -2.34. The van der Waals surface area contributed by atoms with E-state index in [4.69, 9.17) is 27.6 Å². The molecule has 0 aliphatic carbocycles. The van der Waals surface area contributed by atoms with Crippen LogP contribution in [0.1, 0.15) is 15.2 Å². The SMILES string of the molecule is C[n+]1[nH]oc(=O)c1-c1c(C#N)c(N)nc2sc(C(=O)Nc3ccccc3Cl)c(N)c12. The number of para-hydroxylation sites is 1. The van der Waals surface area contributed by atoms with Crippen LogP contribution in [0.25, 0.3) is 21.5 Å². The topological polar surface area (TPSA) is 168 Å². The Kier molecular flexibility index (Phi) is 4.65. The highest BCUT2D eigenvalue weighted by Gasteiger charge is 2.32. The average molecular weight is 443 g/mol. The van der Waals surface area contributed by atoms with Gasteiger partial charge in [-0.3, -0.25) is 9.32 Å². The Hall–Kier alpha value is -3.88. The van der Waals surface area contributed by atoms with Crippen molar-refractivity contribution in [2.75, 3.05) is 16.8 Å². The van der Waals surface area contributed by atoms with Gasteiger partial charge in [-0.1, -0.05) is 28.4 Å². The minimum atomic E-state index is -0.728. The number of H-pyrrole nitrogens is 1. The lowest BCUT2D eigenvalue weighted by Gasteiger charge is -2.06. The van der Waals surface area contributed by atoms with Gasteiger partial charge in [0.1, 0.15) is 27.2 Å². The lowest BCUT2D eigenvalue weighted by atomic mass is 10.0. The summed E-state index contributed by atoms with van der Waals surface area (Å²) in [5.41, 5.74) is 12.1. The summed E-state index contributed by atoms with van der Waals surface area (Å²) in [6.45, 7) is 0. The van der Waals surface area contributed by atoms with Gasteiger partial charge in [0.2, 0.25) is 0 Å². The molecule has 0 aliphatic rings. The van der Waals surface area contributed by atoms with Gasteiger partial charge in [0, 0.05) is 0 Å². The molecule has 10 nitrogen and oxygen atoms in total. The number of aromatic amines is 1. The molecule has 0 atom stereocenters. The highest BCUT2D eigenvalue weighted by Crippen LogP contribution is 2.41. The quantitative estimate of drug-likeness (QED) is 0.352. The van der Waals surface area contributed by atoms with Crippen LogP contribution in [0, 0.1) is 11.3 Å². The molecule has 12 heteroatoms. The number of nitrogens with zero attached hydrogens (tertiary/aromatic N) is 3. The summed E-state index contributed by atoms with van der Waals surface area (Å²) in [6.07, 6.45) is 0. The van der Waals surface area contributed by atoms with Crippen LogP contribution in [0.5, 0.6) is 0 Å². The van der Waals surface area contributed by atoms with Crippen LogP contribution < -0.4 is 27.1 Å². The van der Waals surface area contributed by atoms with Crippen LogP contribution in [0.2, 0.25) is 5.02 Å². The van der Waals surface area contributed by atoms with E-state index >= 15 is 0 Å². The molecule has 150 valence electrons. The number of nitriles is 1. The largest absolute Gasteiger partial charge is 0.435 e. The predicted molar refractivity (Wildman–Crippen MR) is 112 cm³/mol. The van der Waals surface area contributed by atoms with Gasteiger partial charge in [0.15, 0.2) is 7.05 Å². The van der Waals surface area contributed by atoms with E-state index in [0.29, 0.717) is 15.5 Å². The standard InChI is InChI=1S/C18H12ClN7O3S/c1-26-13(18(28)29-25-26)10-7(6-20)15(22)24-17-11(10)12(21)14(30-17)16(27)23-9-5-3-2-4-8(9)19/h2-5H,1H3,(H5-,21,22,23,24,25,27,28)/p+1.